The van der Waals surface area contributed by atoms with Gasteiger partial charge in [-0.15, -0.1) is 12.4 Å². The summed E-state index contributed by atoms with van der Waals surface area (Å²) < 4.78 is 24.1. The van der Waals surface area contributed by atoms with Gasteiger partial charge < -0.3 is 19.7 Å². The average Bonchev–Trinajstić information content (AvgIpc) is 2.68. The third-order valence-corrected chi connectivity index (χ3v) is 4.40. The van der Waals surface area contributed by atoms with Gasteiger partial charge in [-0.3, -0.25) is 4.79 Å². The molecule has 146 valence electrons. The second-order valence-electron chi connectivity index (χ2n) is 6.14. The minimum atomic E-state index is -0.293. The first-order chi connectivity index (χ1) is 12.7. The molecule has 1 saturated heterocycles. The number of halogens is 2. The molecular formula is C20H24ClFN2O3. The molecule has 0 aliphatic carbocycles. The Hall–Kier alpha value is -2.15. The standard InChI is InChI=1S/C20H23FN2O3.ClH/c1-25-11-12-26-18-7-5-15(6-8-18)20(24)23-10-9-22-14-19(23)16-3-2-4-17(21)13-16;/h2-8,13,19,22H,9-12,14H2,1H3;1H. The maximum Gasteiger partial charge on any atom is 0.254 e. The molecule has 5 nitrogen and oxygen atoms in total. The van der Waals surface area contributed by atoms with E-state index >= 15 is 0 Å². The summed E-state index contributed by atoms with van der Waals surface area (Å²) in [7, 11) is 1.62. The molecule has 7 heteroatoms. The van der Waals surface area contributed by atoms with Crippen molar-refractivity contribution in [2.24, 2.45) is 0 Å². The van der Waals surface area contributed by atoms with Gasteiger partial charge in [-0.2, -0.15) is 0 Å². The van der Waals surface area contributed by atoms with Crippen molar-refractivity contribution in [1.82, 2.24) is 10.2 Å². The Kier molecular flexibility index (Phi) is 8.03. The summed E-state index contributed by atoms with van der Waals surface area (Å²) >= 11 is 0. The molecule has 0 saturated carbocycles. The minimum absolute atomic E-state index is 0. The van der Waals surface area contributed by atoms with Crippen molar-refractivity contribution >= 4 is 18.3 Å². The lowest BCUT2D eigenvalue weighted by Gasteiger charge is -2.36. The first kappa shape index (κ1) is 21.2. The van der Waals surface area contributed by atoms with Crippen LogP contribution in [0.1, 0.15) is 22.0 Å². The van der Waals surface area contributed by atoms with Gasteiger partial charge in [0.1, 0.15) is 18.2 Å². The number of ether oxygens (including phenoxy) is 2. The first-order valence-corrected chi connectivity index (χ1v) is 8.68. The molecule has 0 aromatic heterocycles. The van der Waals surface area contributed by atoms with Crippen molar-refractivity contribution in [2.75, 3.05) is 40.0 Å². The summed E-state index contributed by atoms with van der Waals surface area (Å²) in [5.41, 5.74) is 1.39. The normalized spacial score (nSPS) is 16.5. The monoisotopic (exact) mass is 394 g/mol. The Morgan fingerprint density at radius 1 is 1.22 bits per heavy atom. The van der Waals surface area contributed by atoms with Gasteiger partial charge in [0.05, 0.1) is 12.6 Å². The molecule has 1 unspecified atom stereocenters. The summed E-state index contributed by atoms with van der Waals surface area (Å²) in [4.78, 5) is 14.8. The van der Waals surface area contributed by atoms with Gasteiger partial charge in [0, 0.05) is 32.3 Å². The van der Waals surface area contributed by atoms with Crippen LogP contribution in [0.2, 0.25) is 0 Å². The van der Waals surface area contributed by atoms with Crippen molar-refractivity contribution in [2.45, 2.75) is 6.04 Å². The zero-order valence-electron chi connectivity index (χ0n) is 15.2. The number of carbonyl (C=O) groups is 1. The maximum absolute atomic E-state index is 13.6. The van der Waals surface area contributed by atoms with E-state index in [1.165, 1.54) is 12.1 Å². The van der Waals surface area contributed by atoms with E-state index in [0.29, 0.717) is 37.6 Å². The van der Waals surface area contributed by atoms with E-state index in [4.69, 9.17) is 9.47 Å². The van der Waals surface area contributed by atoms with E-state index < -0.39 is 0 Å². The van der Waals surface area contributed by atoms with Crippen molar-refractivity contribution in [3.8, 4) is 5.75 Å². The van der Waals surface area contributed by atoms with E-state index in [9.17, 15) is 9.18 Å². The molecule has 1 atom stereocenters. The fraction of sp³-hybridized carbons (Fsp3) is 0.350. The van der Waals surface area contributed by atoms with Gasteiger partial charge in [0.2, 0.25) is 0 Å². The van der Waals surface area contributed by atoms with Crippen LogP contribution >= 0.6 is 12.4 Å². The molecule has 1 N–H and O–H groups in total. The number of hydrogen-bond donors (Lipinski definition) is 1. The average molecular weight is 395 g/mol. The molecule has 1 fully saturated rings. The number of carbonyl (C=O) groups excluding carboxylic acids is 1. The summed E-state index contributed by atoms with van der Waals surface area (Å²) in [5, 5.41) is 3.28. The fourth-order valence-electron chi connectivity index (χ4n) is 3.06. The predicted octanol–water partition coefficient (Wildman–Crippen LogP) is 3.06. The second kappa shape index (κ2) is 10.3. The van der Waals surface area contributed by atoms with Gasteiger partial charge in [-0.25, -0.2) is 4.39 Å². The lowest BCUT2D eigenvalue weighted by Crippen LogP contribution is -2.48. The molecule has 1 aliphatic rings. The lowest BCUT2D eigenvalue weighted by molar-refractivity contribution is 0.0634. The number of nitrogens with one attached hydrogen (secondary N) is 1. The van der Waals surface area contributed by atoms with Crippen molar-refractivity contribution in [1.29, 1.82) is 0 Å². The van der Waals surface area contributed by atoms with E-state index in [1.54, 1.807) is 42.3 Å². The first-order valence-electron chi connectivity index (χ1n) is 8.68. The Labute approximate surface area is 164 Å². The Balaban J connectivity index is 0.00000261. The van der Waals surface area contributed by atoms with Crippen molar-refractivity contribution in [3.63, 3.8) is 0 Å². The third kappa shape index (κ3) is 5.42. The van der Waals surface area contributed by atoms with Crippen molar-refractivity contribution in [3.05, 3.63) is 65.5 Å². The number of nitrogens with zero attached hydrogens (tertiary/aromatic N) is 1. The summed E-state index contributed by atoms with van der Waals surface area (Å²) in [6.45, 7) is 2.87. The van der Waals surface area contributed by atoms with Crippen LogP contribution < -0.4 is 10.1 Å². The number of methoxy groups -OCH3 is 1. The summed E-state index contributed by atoms with van der Waals surface area (Å²) in [6.07, 6.45) is 0. The topological polar surface area (TPSA) is 50.8 Å². The predicted molar refractivity (Wildman–Crippen MR) is 104 cm³/mol. The highest BCUT2D eigenvalue weighted by atomic mass is 35.5. The Morgan fingerprint density at radius 3 is 2.70 bits per heavy atom. The number of rotatable bonds is 6. The molecule has 27 heavy (non-hydrogen) atoms. The van der Waals surface area contributed by atoms with Gasteiger partial charge >= 0.3 is 0 Å². The van der Waals surface area contributed by atoms with Crippen LogP contribution in [-0.4, -0.2) is 50.8 Å². The highest BCUT2D eigenvalue weighted by Gasteiger charge is 2.28. The van der Waals surface area contributed by atoms with Crippen LogP contribution in [0.15, 0.2) is 48.5 Å². The SMILES string of the molecule is COCCOc1ccc(C(=O)N2CCNCC2c2cccc(F)c2)cc1.Cl. The molecule has 1 aliphatic heterocycles. The number of piperazine rings is 1. The molecule has 0 bridgehead atoms. The van der Waals surface area contributed by atoms with E-state index in [1.807, 2.05) is 6.07 Å². The molecular weight excluding hydrogens is 371 g/mol. The largest absolute Gasteiger partial charge is 0.491 e. The summed E-state index contributed by atoms with van der Waals surface area (Å²) in [5.74, 6) is 0.336. The van der Waals surface area contributed by atoms with Crippen LogP contribution in [0.4, 0.5) is 4.39 Å². The maximum atomic E-state index is 13.6. The second-order valence-corrected chi connectivity index (χ2v) is 6.14. The molecule has 2 aromatic rings. The van der Waals surface area contributed by atoms with Crippen LogP contribution in [0, 0.1) is 5.82 Å². The zero-order chi connectivity index (χ0) is 18.4. The minimum Gasteiger partial charge on any atom is -0.491 e. The molecule has 1 amide bonds. The van der Waals surface area contributed by atoms with E-state index in [-0.39, 0.29) is 30.2 Å². The van der Waals surface area contributed by atoms with E-state index in [2.05, 4.69) is 5.32 Å². The van der Waals surface area contributed by atoms with Crippen LogP contribution in [0.5, 0.6) is 5.75 Å². The van der Waals surface area contributed by atoms with E-state index in [0.717, 1.165) is 12.1 Å². The molecule has 2 aromatic carbocycles. The quantitative estimate of drug-likeness (QED) is 0.765. The zero-order valence-corrected chi connectivity index (χ0v) is 16.0. The molecule has 1 heterocycles. The van der Waals surface area contributed by atoms with Crippen LogP contribution in [0.25, 0.3) is 0 Å². The molecule has 3 rings (SSSR count). The van der Waals surface area contributed by atoms with Gasteiger partial charge in [-0.1, -0.05) is 12.1 Å². The van der Waals surface area contributed by atoms with Crippen LogP contribution in [-0.2, 0) is 4.74 Å². The summed E-state index contributed by atoms with van der Waals surface area (Å²) in [6, 6.07) is 13.3. The fourth-order valence-corrected chi connectivity index (χ4v) is 3.06. The van der Waals surface area contributed by atoms with Crippen molar-refractivity contribution < 1.29 is 18.7 Å². The highest BCUT2D eigenvalue weighted by molar-refractivity contribution is 5.94. The Morgan fingerprint density at radius 2 is 2.00 bits per heavy atom. The smallest absolute Gasteiger partial charge is 0.254 e. The number of amides is 1. The number of benzene rings is 2. The Bertz CT molecular complexity index is 742. The lowest BCUT2D eigenvalue weighted by atomic mass is 10.0. The third-order valence-electron chi connectivity index (χ3n) is 4.40. The number of hydrogen-bond acceptors (Lipinski definition) is 4. The van der Waals surface area contributed by atoms with Gasteiger partial charge in [-0.05, 0) is 42.0 Å². The van der Waals surface area contributed by atoms with Gasteiger partial charge in [0.15, 0.2) is 0 Å². The highest BCUT2D eigenvalue weighted by Crippen LogP contribution is 2.25. The molecule has 0 spiro atoms. The van der Waals surface area contributed by atoms with Crippen LogP contribution in [0.3, 0.4) is 0 Å². The van der Waals surface area contributed by atoms with Gasteiger partial charge in [0.25, 0.3) is 5.91 Å². The molecule has 0 radical (unpaired) electrons.